The molecule has 1 aromatic carbocycles. The highest BCUT2D eigenvalue weighted by Gasteiger charge is 2.12. The van der Waals surface area contributed by atoms with Gasteiger partial charge >= 0.3 is 0 Å². The molecule has 0 radical (unpaired) electrons. The molecule has 7 heteroatoms. The van der Waals surface area contributed by atoms with Crippen LogP contribution in [0, 0.1) is 0 Å². The predicted octanol–water partition coefficient (Wildman–Crippen LogP) is 2.59. The number of sulfone groups is 1. The number of thiophene rings is 1. The molecule has 0 aliphatic carbocycles. The van der Waals surface area contributed by atoms with Crippen molar-refractivity contribution in [1.29, 1.82) is 0 Å². The van der Waals surface area contributed by atoms with E-state index >= 15 is 0 Å². The lowest BCUT2D eigenvalue weighted by atomic mass is 10.1. The Bertz CT molecular complexity index is 752. The first-order valence-electron chi connectivity index (χ1n) is 7.50. The highest BCUT2D eigenvalue weighted by Crippen LogP contribution is 2.18. The van der Waals surface area contributed by atoms with E-state index in [1.54, 1.807) is 42.7 Å². The molecule has 0 aliphatic rings. The highest BCUT2D eigenvalue weighted by molar-refractivity contribution is 7.90. The van der Waals surface area contributed by atoms with Crippen LogP contribution in [0.2, 0.25) is 0 Å². The van der Waals surface area contributed by atoms with Crippen LogP contribution in [0.5, 0.6) is 0 Å². The van der Waals surface area contributed by atoms with E-state index in [4.69, 9.17) is 4.74 Å². The fraction of sp³-hybridized carbons (Fsp3) is 0.353. The van der Waals surface area contributed by atoms with Gasteiger partial charge in [-0.1, -0.05) is 12.1 Å². The predicted molar refractivity (Wildman–Crippen MR) is 95.0 cm³/mol. The summed E-state index contributed by atoms with van der Waals surface area (Å²) >= 11 is 1.59. The summed E-state index contributed by atoms with van der Waals surface area (Å²) in [5, 5.41) is 6.85. The molecule has 0 saturated carbocycles. The largest absolute Gasteiger partial charge is 0.375 e. The Morgan fingerprint density at radius 1 is 1.25 bits per heavy atom. The van der Waals surface area contributed by atoms with Crippen LogP contribution in [0.1, 0.15) is 23.7 Å². The fourth-order valence-corrected chi connectivity index (χ4v) is 3.58. The van der Waals surface area contributed by atoms with Gasteiger partial charge in [0.1, 0.15) is 6.10 Å². The van der Waals surface area contributed by atoms with Crippen LogP contribution < -0.4 is 5.32 Å². The smallest absolute Gasteiger partial charge is 0.220 e. The monoisotopic (exact) mass is 367 g/mol. The molecule has 130 valence electrons. The lowest BCUT2D eigenvalue weighted by Crippen LogP contribution is -2.29. The lowest BCUT2D eigenvalue weighted by molar-refractivity contribution is -0.121. The standard InChI is InChI=1S/C17H21NO4S2/c1-22-16(14-9-10-23-12-14)11-18-17(19)8-5-13-3-6-15(7-4-13)24(2,20)21/h3-4,6-7,9-10,12,16H,5,8,11H2,1-2H3,(H,18,19). The van der Waals surface area contributed by atoms with Gasteiger partial charge in [0.25, 0.3) is 0 Å². The van der Waals surface area contributed by atoms with Gasteiger partial charge in [0.05, 0.1) is 4.90 Å². The van der Waals surface area contributed by atoms with Crippen molar-refractivity contribution in [3.05, 3.63) is 52.2 Å². The lowest BCUT2D eigenvalue weighted by Gasteiger charge is -2.15. The fourth-order valence-electron chi connectivity index (χ4n) is 2.25. The third kappa shape index (κ3) is 5.43. The Balaban J connectivity index is 1.80. The number of aryl methyl sites for hydroxylation is 1. The number of methoxy groups -OCH3 is 1. The van der Waals surface area contributed by atoms with E-state index in [2.05, 4.69) is 5.32 Å². The topological polar surface area (TPSA) is 72.5 Å². The normalized spacial score (nSPS) is 12.8. The summed E-state index contributed by atoms with van der Waals surface area (Å²) in [5.74, 6) is -0.0560. The Morgan fingerprint density at radius 3 is 2.50 bits per heavy atom. The van der Waals surface area contributed by atoms with Crippen LogP contribution in [0.15, 0.2) is 46.0 Å². The summed E-state index contributed by atoms with van der Waals surface area (Å²) in [6.45, 7) is 0.430. The van der Waals surface area contributed by atoms with E-state index in [0.717, 1.165) is 11.1 Å². The van der Waals surface area contributed by atoms with Crippen LogP contribution >= 0.6 is 11.3 Å². The number of rotatable bonds is 8. The Morgan fingerprint density at radius 2 is 1.96 bits per heavy atom. The molecule has 1 heterocycles. The van der Waals surface area contributed by atoms with E-state index in [-0.39, 0.29) is 16.9 Å². The average Bonchev–Trinajstić information content (AvgIpc) is 3.07. The van der Waals surface area contributed by atoms with E-state index in [1.807, 2.05) is 16.8 Å². The van der Waals surface area contributed by atoms with E-state index in [9.17, 15) is 13.2 Å². The van der Waals surface area contributed by atoms with Crippen molar-refractivity contribution >= 4 is 27.1 Å². The first kappa shape index (κ1) is 18.6. The quantitative estimate of drug-likeness (QED) is 0.778. The molecular formula is C17H21NO4S2. The molecule has 1 unspecified atom stereocenters. The summed E-state index contributed by atoms with van der Waals surface area (Å²) in [6.07, 6.45) is 1.94. The average molecular weight is 367 g/mol. The van der Waals surface area contributed by atoms with Crippen LogP contribution in [0.25, 0.3) is 0 Å². The van der Waals surface area contributed by atoms with Crippen molar-refractivity contribution in [3.63, 3.8) is 0 Å². The number of hydrogen-bond acceptors (Lipinski definition) is 5. The number of carbonyl (C=O) groups excluding carboxylic acids is 1. The van der Waals surface area contributed by atoms with Gasteiger partial charge in [0, 0.05) is 26.3 Å². The van der Waals surface area contributed by atoms with Crippen LogP contribution in [-0.4, -0.2) is 34.2 Å². The number of hydrogen-bond donors (Lipinski definition) is 1. The van der Waals surface area contributed by atoms with Crippen molar-refractivity contribution in [2.45, 2.75) is 23.8 Å². The minimum Gasteiger partial charge on any atom is -0.375 e. The molecule has 24 heavy (non-hydrogen) atoms. The molecule has 0 bridgehead atoms. The maximum atomic E-state index is 12.0. The first-order chi connectivity index (χ1) is 11.4. The number of nitrogens with one attached hydrogen (secondary N) is 1. The van der Waals surface area contributed by atoms with Gasteiger partial charge in [-0.2, -0.15) is 11.3 Å². The van der Waals surface area contributed by atoms with Gasteiger partial charge in [-0.25, -0.2) is 8.42 Å². The molecule has 2 rings (SSSR count). The molecule has 2 aromatic rings. The van der Waals surface area contributed by atoms with Crippen molar-refractivity contribution in [2.24, 2.45) is 0 Å². The van der Waals surface area contributed by atoms with Gasteiger partial charge in [-0.15, -0.1) is 0 Å². The SMILES string of the molecule is COC(CNC(=O)CCc1ccc(S(C)(=O)=O)cc1)c1ccsc1. The van der Waals surface area contributed by atoms with Crippen molar-refractivity contribution in [3.8, 4) is 0 Å². The zero-order chi connectivity index (χ0) is 17.6. The van der Waals surface area contributed by atoms with E-state index in [1.165, 1.54) is 6.26 Å². The maximum Gasteiger partial charge on any atom is 0.220 e. The Kier molecular flexibility index (Phi) is 6.53. The number of carbonyl (C=O) groups is 1. The molecule has 0 fully saturated rings. The summed E-state index contributed by atoms with van der Waals surface area (Å²) in [5.41, 5.74) is 1.98. The van der Waals surface area contributed by atoms with Crippen LogP contribution in [0.4, 0.5) is 0 Å². The second-order valence-electron chi connectivity index (χ2n) is 5.50. The second kappa shape index (κ2) is 8.41. The van der Waals surface area contributed by atoms with Gasteiger partial charge in [-0.3, -0.25) is 4.79 Å². The summed E-state index contributed by atoms with van der Waals surface area (Å²) in [7, 11) is -1.56. The zero-order valence-electron chi connectivity index (χ0n) is 13.7. The van der Waals surface area contributed by atoms with Gasteiger partial charge in [0.2, 0.25) is 5.91 Å². The molecule has 0 spiro atoms. The molecule has 1 aromatic heterocycles. The van der Waals surface area contributed by atoms with Crippen LogP contribution in [0.3, 0.4) is 0 Å². The van der Waals surface area contributed by atoms with E-state index in [0.29, 0.717) is 19.4 Å². The summed E-state index contributed by atoms with van der Waals surface area (Å²) in [6, 6.07) is 8.61. The Hall–Kier alpha value is -1.70. The van der Waals surface area contributed by atoms with Gasteiger partial charge in [0.15, 0.2) is 9.84 Å². The van der Waals surface area contributed by atoms with Crippen molar-refractivity contribution in [2.75, 3.05) is 19.9 Å². The summed E-state index contributed by atoms with van der Waals surface area (Å²) in [4.78, 5) is 12.3. The minimum atomic E-state index is -3.19. The molecule has 0 saturated heterocycles. The number of ether oxygens (including phenoxy) is 1. The molecule has 1 atom stereocenters. The third-order valence-corrected chi connectivity index (χ3v) is 5.51. The maximum absolute atomic E-state index is 12.0. The van der Waals surface area contributed by atoms with E-state index < -0.39 is 9.84 Å². The van der Waals surface area contributed by atoms with Crippen LogP contribution in [-0.2, 0) is 25.8 Å². The minimum absolute atomic E-state index is 0.0560. The molecule has 0 aliphatic heterocycles. The number of benzene rings is 1. The van der Waals surface area contributed by atoms with Crippen molar-refractivity contribution < 1.29 is 17.9 Å². The van der Waals surface area contributed by atoms with Gasteiger partial charge in [-0.05, 0) is 46.5 Å². The van der Waals surface area contributed by atoms with Crippen molar-refractivity contribution in [1.82, 2.24) is 5.32 Å². The molecular weight excluding hydrogens is 346 g/mol. The third-order valence-electron chi connectivity index (χ3n) is 3.68. The van der Waals surface area contributed by atoms with Gasteiger partial charge < -0.3 is 10.1 Å². The number of amides is 1. The first-order valence-corrected chi connectivity index (χ1v) is 10.3. The summed E-state index contributed by atoms with van der Waals surface area (Å²) < 4.78 is 28.2. The molecule has 1 amide bonds. The Labute approximate surface area is 146 Å². The highest BCUT2D eigenvalue weighted by atomic mass is 32.2. The second-order valence-corrected chi connectivity index (χ2v) is 8.30. The zero-order valence-corrected chi connectivity index (χ0v) is 15.3. The molecule has 5 nitrogen and oxygen atoms in total. The molecule has 1 N–H and O–H groups in total.